The Kier molecular flexibility index (Phi) is 26.0. The highest BCUT2D eigenvalue weighted by Gasteiger charge is 2.53. The summed E-state index contributed by atoms with van der Waals surface area (Å²) in [6.45, 7) is 14.8. The zero-order valence-electron chi connectivity index (χ0n) is 63.8. The minimum Gasteiger partial charge on any atom is -0.508 e. The van der Waals surface area contributed by atoms with Crippen molar-refractivity contribution in [3.8, 4) is 57.1 Å². The lowest BCUT2D eigenvalue weighted by Gasteiger charge is -2.48. The molecule has 9 unspecified atom stereocenters. The summed E-state index contributed by atoms with van der Waals surface area (Å²) < 4.78 is 49.9. The monoisotopic (exact) mass is 1650 g/mol. The number of nitrogens with zero attached hydrogens (tertiary/aromatic N) is 1. The highest BCUT2D eigenvalue weighted by atomic mass is 35.5. The smallest absolute Gasteiger partial charge is 0.410 e. The number of nitrogens with one attached hydrogen (secondary N) is 7. The molecule has 5 aromatic carbocycles. The van der Waals surface area contributed by atoms with Crippen LogP contribution < -0.4 is 57.2 Å². The molecule has 18 atom stereocenters. The van der Waals surface area contributed by atoms with Crippen molar-refractivity contribution in [2.75, 3.05) is 13.7 Å². The Morgan fingerprint density at radius 1 is 0.687 bits per heavy atom. The van der Waals surface area contributed by atoms with Gasteiger partial charge in [0.05, 0.1) is 34.7 Å². The summed E-state index contributed by atoms with van der Waals surface area (Å²) in [5, 5.41) is 132. The number of halogens is 2. The summed E-state index contributed by atoms with van der Waals surface area (Å²) in [7, 11) is 1.25. The number of hydrogen-bond donors (Lipinski definition) is 18. The van der Waals surface area contributed by atoms with Crippen LogP contribution in [0.15, 0.2) is 78.9 Å². The van der Waals surface area contributed by atoms with Crippen LogP contribution in [0, 0.1) is 5.92 Å². The van der Waals surface area contributed by atoms with Crippen molar-refractivity contribution in [1.82, 2.24) is 42.1 Å². The van der Waals surface area contributed by atoms with Gasteiger partial charge in [0, 0.05) is 36.2 Å². The van der Waals surface area contributed by atoms with E-state index in [4.69, 9.17) is 66.8 Å². The number of fused-ring (bicyclic) bond motifs is 15. The molecule has 11 bridgehead atoms. The average molecular weight is 1650 g/mol. The molecule has 12 rings (SSSR count). The van der Waals surface area contributed by atoms with Crippen LogP contribution in [-0.2, 0) is 62.0 Å². The van der Waals surface area contributed by atoms with Crippen molar-refractivity contribution in [2.24, 2.45) is 11.7 Å². The van der Waals surface area contributed by atoms with E-state index in [1.165, 1.54) is 20.9 Å². The van der Waals surface area contributed by atoms with Crippen LogP contribution in [0.1, 0.15) is 147 Å². The number of likely N-dealkylation sites (N-methyl/N-ethyl adjacent to an activating group) is 1. The lowest BCUT2D eigenvalue weighted by Crippen LogP contribution is -2.66. The number of rotatable bonds is 14. The number of alkyl carbamates (subject to hydrolysis) is 1. The largest absolute Gasteiger partial charge is 0.508 e. The molecule has 37 nitrogen and oxygen atoms in total. The van der Waals surface area contributed by atoms with Crippen molar-refractivity contribution in [1.29, 1.82) is 0 Å². The number of phenols is 3. The molecule has 19 N–H and O–H groups in total. The number of ether oxygens (including phenoxy) is 8. The molecule has 7 aliphatic heterocycles. The molecule has 622 valence electrons. The fraction of sp³-hybridized carbons (Fsp3) is 0.474. The van der Waals surface area contributed by atoms with E-state index in [2.05, 4.69) is 37.2 Å². The molecule has 0 aromatic heterocycles. The Morgan fingerprint density at radius 3 is 1.84 bits per heavy atom. The van der Waals surface area contributed by atoms with Gasteiger partial charge in [0.1, 0.15) is 113 Å². The quantitative estimate of drug-likeness (QED) is 0.0758. The number of phenolic OH excluding ortho intramolecular Hbond substituents is 3. The van der Waals surface area contributed by atoms with Crippen LogP contribution in [0.2, 0.25) is 10.0 Å². The third-order valence-electron chi connectivity index (χ3n) is 19.3. The molecule has 2 saturated heterocycles. The van der Waals surface area contributed by atoms with Gasteiger partial charge < -0.3 is 132 Å². The molecule has 2 fully saturated rings. The van der Waals surface area contributed by atoms with Gasteiger partial charge in [-0.15, -0.1) is 0 Å². The first-order valence-corrected chi connectivity index (χ1v) is 37.0. The number of aliphatic carboxylic acids is 1. The van der Waals surface area contributed by atoms with Crippen LogP contribution in [-0.4, -0.2) is 219 Å². The lowest BCUT2D eigenvalue weighted by molar-refractivity contribution is -0.334. The highest BCUT2D eigenvalue weighted by molar-refractivity contribution is 6.32. The van der Waals surface area contributed by atoms with Crippen molar-refractivity contribution in [3.63, 3.8) is 0 Å². The Labute approximate surface area is 666 Å². The first kappa shape index (κ1) is 86.8. The third kappa shape index (κ3) is 19.7. The van der Waals surface area contributed by atoms with Gasteiger partial charge in [0.15, 0.2) is 29.9 Å². The maximum absolute atomic E-state index is 16.2. The topological polar surface area (TPSA) is 560 Å². The predicted molar refractivity (Wildman–Crippen MR) is 399 cm³/mol. The van der Waals surface area contributed by atoms with Gasteiger partial charge >= 0.3 is 18.2 Å². The van der Waals surface area contributed by atoms with E-state index in [1.807, 2.05) is 0 Å². The molecule has 5 aromatic rings. The zero-order valence-corrected chi connectivity index (χ0v) is 65.3. The summed E-state index contributed by atoms with van der Waals surface area (Å²) >= 11 is 14.3. The number of carbonyl (C=O) groups excluding carboxylic acids is 9. The predicted octanol–water partition coefficient (Wildman–Crippen LogP) is 3.32. The Bertz CT molecular complexity index is 4620. The zero-order chi connectivity index (χ0) is 84.7. The van der Waals surface area contributed by atoms with Gasteiger partial charge in [-0.1, -0.05) is 55.2 Å². The number of aromatic hydroxyl groups is 3. The molecule has 9 amide bonds. The van der Waals surface area contributed by atoms with Crippen molar-refractivity contribution >= 4 is 82.7 Å². The maximum atomic E-state index is 16.2. The SMILES string of the molecule is CC(C)C[C@H](C(=O)N[C@H]1C(=O)N[C@@H](CC(N)=O)C(=O)N[C@H]2C(=O)N[C@H]3C(=O)N[C@H](C(=O)N[C@H](C(=O)O)c4cc(O)cc(O)c4-c4cc3ccc4O)[C@H](O)c3ccc(c(Cl)c3)Oc3cc2cc(c3OC2OC(CO)C(O)C(O)C2OC2CC(C)(NC(=O)OC(C)(C)C)C(O)C(C)O2)Oc2ccc(cc2Cl)[C@H]1O)N(C)C(=O)OC(C)(C)C. The van der Waals surface area contributed by atoms with Crippen LogP contribution in [0.5, 0.6) is 46.0 Å². The van der Waals surface area contributed by atoms with Crippen LogP contribution in [0.4, 0.5) is 9.59 Å². The van der Waals surface area contributed by atoms with Gasteiger partial charge in [-0.2, -0.15) is 0 Å². The normalized spacial score (nSPS) is 27.4. The van der Waals surface area contributed by atoms with Crippen molar-refractivity contribution in [3.05, 3.63) is 117 Å². The second-order valence-corrected chi connectivity index (χ2v) is 31.8. The molecule has 0 aliphatic carbocycles. The molecule has 39 heteroatoms. The molecule has 7 heterocycles. The van der Waals surface area contributed by atoms with E-state index in [0.717, 1.165) is 83.8 Å². The summed E-state index contributed by atoms with van der Waals surface area (Å²) in [6.07, 6.45) is -22.4. The summed E-state index contributed by atoms with van der Waals surface area (Å²) in [6, 6.07) is -2.13. The number of carboxylic acids is 1. The first-order valence-electron chi connectivity index (χ1n) is 36.2. The molecular formula is C76H91Cl2N9O28. The van der Waals surface area contributed by atoms with E-state index in [9.17, 15) is 79.8 Å². The second kappa shape index (κ2) is 34.5. The number of carbonyl (C=O) groups is 10. The molecule has 0 radical (unpaired) electrons. The summed E-state index contributed by atoms with van der Waals surface area (Å²) in [5.41, 5.74) is -1.11. The van der Waals surface area contributed by atoms with E-state index in [1.54, 1.807) is 55.4 Å². The van der Waals surface area contributed by atoms with E-state index < -0.39 is 283 Å². The van der Waals surface area contributed by atoms with Crippen molar-refractivity contribution < 1.29 is 137 Å². The first-order chi connectivity index (χ1) is 53.7. The minimum atomic E-state index is -2.43. The van der Waals surface area contributed by atoms with Gasteiger partial charge in [0.2, 0.25) is 53.4 Å². The lowest BCUT2D eigenvalue weighted by atomic mass is 9.85. The number of amides is 9. The number of benzene rings is 5. The molecule has 0 spiro atoms. The highest BCUT2D eigenvalue weighted by Crippen LogP contribution is 2.50. The number of carboxylic acid groups (broad SMARTS) is 1. The Balaban J connectivity index is 1.22. The van der Waals surface area contributed by atoms with Crippen LogP contribution >= 0.6 is 23.2 Å². The van der Waals surface area contributed by atoms with Gasteiger partial charge in [-0.25, -0.2) is 14.4 Å². The van der Waals surface area contributed by atoms with E-state index in [-0.39, 0.29) is 23.5 Å². The Hall–Kier alpha value is -10.6. The maximum Gasteiger partial charge on any atom is 0.410 e. The van der Waals surface area contributed by atoms with E-state index in [0.29, 0.717) is 0 Å². The van der Waals surface area contributed by atoms with Crippen molar-refractivity contribution in [2.45, 2.75) is 209 Å². The van der Waals surface area contributed by atoms with Crippen LogP contribution in [0.3, 0.4) is 0 Å². The molecule has 115 heavy (non-hydrogen) atoms. The second-order valence-electron chi connectivity index (χ2n) is 31.0. The standard InChI is InChI=1S/C76H91Cl2N9O28/c1-29(2)18-41(87(11)73(107)115-75(7,8)9)65(99)84-55-57(93)32-13-16-44(38(77)20-32)109-46-22-34-23-47(61(46)113-71-62(60(96)59(95)48(28-88)111-71)112-50-27-76(10,63(97)30(3)108-50)86-72(106)114-74(4,5)6)110-45-17-14-33(21-39(45)78)58(94)56-69(103)83-54(70(104)105)37-24-35(89)25-43(91)51(37)36-19-31(12-15-42(36)90)52(66(100)85-56)82-67(101)53(34)81-64(98)40(26-49(79)92)80-68(55)102/h12-17,19-25,29-30,40-41,48,50,52-60,62-63,71,88-91,93-97H,18,26-28H2,1-11H3,(H2,79,92)(H,80,102)(H,81,98)(H,82,101)(H,83,103)(H,84,99)(H,85,100)(H,86,106)(H,104,105)/t30?,40-,41+,48?,50?,52+,53+,54-,55+,56-,57+,58+,59?,60?,62?,63?,71?,76?/m0/s1. The fourth-order valence-electron chi connectivity index (χ4n) is 13.6. The van der Waals surface area contributed by atoms with E-state index >= 15 is 19.2 Å². The summed E-state index contributed by atoms with van der Waals surface area (Å²) in [5.74, 6) is -17.3. The number of aliphatic hydroxyl groups excluding tert-OH is 6. The average Bonchev–Trinajstić information content (AvgIpc) is 0.769. The molecular weight excluding hydrogens is 1560 g/mol. The number of hydrogen-bond acceptors (Lipinski definition) is 27. The fourth-order valence-corrected chi connectivity index (χ4v) is 14.1. The summed E-state index contributed by atoms with van der Waals surface area (Å²) in [4.78, 5) is 147. The Morgan fingerprint density at radius 2 is 1.27 bits per heavy atom. The number of aliphatic hydroxyl groups is 6. The number of nitrogens with two attached hydrogens (primary N) is 1. The molecule has 7 aliphatic rings. The van der Waals surface area contributed by atoms with Gasteiger partial charge in [-0.3, -0.25) is 38.5 Å². The third-order valence-corrected chi connectivity index (χ3v) is 19.9. The van der Waals surface area contributed by atoms with Gasteiger partial charge in [0.25, 0.3) is 0 Å². The number of primary amides is 1. The van der Waals surface area contributed by atoms with Gasteiger partial charge in [-0.05, 0) is 145 Å². The minimum absolute atomic E-state index is 0.0820. The van der Waals surface area contributed by atoms with Crippen LogP contribution in [0.25, 0.3) is 11.1 Å². The molecule has 0 saturated carbocycles.